The number of hydrogen-bond donors (Lipinski definition) is 0. The molecule has 0 N–H and O–H groups in total. The first kappa shape index (κ1) is 20.8. The Kier molecular flexibility index (Phi) is 4.65. The topological polar surface area (TPSA) is 34.4 Å². The zero-order valence-corrected chi connectivity index (χ0v) is 20.0. The Balaban J connectivity index is 1.50. The van der Waals surface area contributed by atoms with Crippen molar-refractivity contribution in [1.29, 1.82) is 0 Å². The Morgan fingerprint density at radius 2 is 1.47 bits per heavy atom. The van der Waals surface area contributed by atoms with Crippen molar-refractivity contribution in [3.8, 4) is 22.3 Å². The average molecular weight is 465 g/mol. The van der Waals surface area contributed by atoms with Gasteiger partial charge in [0, 0.05) is 16.2 Å². The SMILES string of the molecule is CCCc1ccc(-c2ccc3c4c2cccc4c(=O)n2c4ccc(-c5ccccc5)cc4nc32)cc1. The Labute approximate surface area is 208 Å². The summed E-state index contributed by atoms with van der Waals surface area (Å²) in [5.74, 6) is 0. The number of aromatic nitrogens is 2. The second-order valence-corrected chi connectivity index (χ2v) is 9.48. The number of fused-ring (bicyclic) bond motifs is 4. The summed E-state index contributed by atoms with van der Waals surface area (Å²) in [6, 6.07) is 35.6. The van der Waals surface area contributed by atoms with Gasteiger partial charge in [-0.1, -0.05) is 92.2 Å². The highest BCUT2D eigenvalue weighted by Crippen LogP contribution is 2.36. The zero-order chi connectivity index (χ0) is 24.2. The molecule has 36 heavy (non-hydrogen) atoms. The first-order valence-electron chi connectivity index (χ1n) is 12.5. The predicted octanol–water partition coefficient (Wildman–Crippen LogP) is 7.88. The first-order chi connectivity index (χ1) is 17.7. The summed E-state index contributed by atoms with van der Waals surface area (Å²) >= 11 is 0. The largest absolute Gasteiger partial charge is 0.268 e. The van der Waals surface area contributed by atoms with Crippen LogP contribution in [-0.2, 0) is 6.42 Å². The minimum Gasteiger partial charge on any atom is -0.268 e. The van der Waals surface area contributed by atoms with E-state index in [1.54, 1.807) is 4.40 Å². The van der Waals surface area contributed by atoms with Gasteiger partial charge >= 0.3 is 0 Å². The minimum atomic E-state index is -0.0199. The van der Waals surface area contributed by atoms with Crippen LogP contribution in [-0.4, -0.2) is 9.38 Å². The summed E-state index contributed by atoms with van der Waals surface area (Å²) in [4.78, 5) is 18.8. The highest BCUT2D eigenvalue weighted by Gasteiger charge is 2.18. The third-order valence-corrected chi connectivity index (χ3v) is 7.28. The third kappa shape index (κ3) is 3.06. The average Bonchev–Trinajstić information content (AvgIpc) is 3.32. The van der Waals surface area contributed by atoms with Crippen molar-refractivity contribution >= 4 is 38.2 Å². The summed E-state index contributed by atoms with van der Waals surface area (Å²) in [7, 11) is 0. The van der Waals surface area contributed by atoms with Gasteiger partial charge in [0.1, 0.15) is 5.65 Å². The molecular weight excluding hydrogens is 440 g/mol. The van der Waals surface area contributed by atoms with Crippen LogP contribution in [0.25, 0.3) is 60.5 Å². The third-order valence-electron chi connectivity index (χ3n) is 7.28. The Morgan fingerprint density at radius 1 is 0.694 bits per heavy atom. The van der Waals surface area contributed by atoms with Crippen LogP contribution in [0.1, 0.15) is 18.9 Å². The van der Waals surface area contributed by atoms with Crippen LogP contribution in [0.3, 0.4) is 0 Å². The Bertz CT molecular complexity index is 1950. The molecule has 2 heterocycles. The smallest absolute Gasteiger partial charge is 0.264 e. The van der Waals surface area contributed by atoms with Gasteiger partial charge in [-0.3, -0.25) is 9.20 Å². The van der Waals surface area contributed by atoms with Crippen LogP contribution in [0, 0.1) is 0 Å². The number of nitrogens with zero attached hydrogens (tertiary/aromatic N) is 2. The van der Waals surface area contributed by atoms with E-state index >= 15 is 0 Å². The molecule has 0 fully saturated rings. The molecule has 0 unspecified atom stereocenters. The van der Waals surface area contributed by atoms with Gasteiger partial charge in [0.25, 0.3) is 5.56 Å². The molecule has 0 atom stereocenters. The van der Waals surface area contributed by atoms with E-state index in [0.29, 0.717) is 5.65 Å². The lowest BCUT2D eigenvalue weighted by Gasteiger charge is -2.12. The minimum absolute atomic E-state index is 0.0199. The van der Waals surface area contributed by atoms with E-state index in [-0.39, 0.29) is 5.56 Å². The molecule has 0 aliphatic rings. The molecule has 0 saturated heterocycles. The quantitative estimate of drug-likeness (QED) is 0.265. The summed E-state index contributed by atoms with van der Waals surface area (Å²) in [5.41, 5.74) is 8.25. The van der Waals surface area contributed by atoms with Crippen LogP contribution in [0.15, 0.2) is 108 Å². The molecule has 7 rings (SSSR count). The molecule has 0 amide bonds. The Hall–Kier alpha value is -4.50. The van der Waals surface area contributed by atoms with Crippen LogP contribution in [0.2, 0.25) is 0 Å². The van der Waals surface area contributed by atoms with Crippen LogP contribution in [0.4, 0.5) is 0 Å². The molecule has 0 aliphatic heterocycles. The highest BCUT2D eigenvalue weighted by atomic mass is 16.1. The number of pyridine rings is 1. The molecule has 0 saturated carbocycles. The van der Waals surface area contributed by atoms with E-state index in [2.05, 4.69) is 73.7 Å². The maximum Gasteiger partial charge on any atom is 0.264 e. The fourth-order valence-electron chi connectivity index (χ4n) is 5.56. The van der Waals surface area contributed by atoms with Gasteiger partial charge in [-0.25, -0.2) is 4.98 Å². The number of aryl methyl sites for hydroxylation is 1. The molecule has 7 aromatic rings. The van der Waals surface area contributed by atoms with E-state index in [4.69, 9.17) is 4.98 Å². The van der Waals surface area contributed by atoms with Gasteiger partial charge < -0.3 is 0 Å². The number of imidazole rings is 1. The second kappa shape index (κ2) is 8.03. The van der Waals surface area contributed by atoms with Crippen molar-refractivity contribution in [1.82, 2.24) is 9.38 Å². The molecule has 172 valence electrons. The maximum absolute atomic E-state index is 13.8. The molecule has 0 bridgehead atoms. The van der Waals surface area contributed by atoms with Gasteiger partial charge in [-0.05, 0) is 63.9 Å². The molecule has 2 aromatic heterocycles. The molecule has 0 aliphatic carbocycles. The van der Waals surface area contributed by atoms with Crippen LogP contribution < -0.4 is 5.56 Å². The van der Waals surface area contributed by atoms with Crippen molar-refractivity contribution in [3.05, 3.63) is 119 Å². The van der Waals surface area contributed by atoms with Crippen molar-refractivity contribution in [2.45, 2.75) is 19.8 Å². The van der Waals surface area contributed by atoms with E-state index in [9.17, 15) is 4.79 Å². The molecule has 3 heteroatoms. The molecular formula is C33H24N2O. The van der Waals surface area contributed by atoms with Crippen molar-refractivity contribution in [2.24, 2.45) is 0 Å². The lowest BCUT2D eigenvalue weighted by Crippen LogP contribution is -2.13. The van der Waals surface area contributed by atoms with Gasteiger partial charge in [-0.15, -0.1) is 0 Å². The second-order valence-electron chi connectivity index (χ2n) is 9.48. The predicted molar refractivity (Wildman–Crippen MR) is 150 cm³/mol. The summed E-state index contributed by atoms with van der Waals surface area (Å²) in [6.45, 7) is 2.20. The Morgan fingerprint density at radius 3 is 2.28 bits per heavy atom. The van der Waals surface area contributed by atoms with E-state index in [1.165, 1.54) is 5.56 Å². The molecule has 3 nitrogen and oxygen atoms in total. The molecule has 0 radical (unpaired) electrons. The fraction of sp³-hybridized carbons (Fsp3) is 0.0909. The summed E-state index contributed by atoms with van der Waals surface area (Å²) in [5, 5.41) is 3.81. The monoisotopic (exact) mass is 464 g/mol. The van der Waals surface area contributed by atoms with Gasteiger partial charge in [0.15, 0.2) is 0 Å². The fourth-order valence-corrected chi connectivity index (χ4v) is 5.56. The highest BCUT2D eigenvalue weighted by molar-refractivity contribution is 6.19. The lowest BCUT2D eigenvalue weighted by molar-refractivity contribution is 0.922. The number of benzene rings is 5. The van der Waals surface area contributed by atoms with Gasteiger partial charge in [0.05, 0.1) is 11.0 Å². The van der Waals surface area contributed by atoms with Crippen LogP contribution >= 0.6 is 0 Å². The maximum atomic E-state index is 13.8. The van der Waals surface area contributed by atoms with E-state index in [0.717, 1.165) is 67.7 Å². The van der Waals surface area contributed by atoms with Crippen molar-refractivity contribution < 1.29 is 0 Å². The lowest BCUT2D eigenvalue weighted by atomic mass is 9.93. The van der Waals surface area contributed by atoms with Crippen LogP contribution in [0.5, 0.6) is 0 Å². The molecule has 5 aromatic carbocycles. The van der Waals surface area contributed by atoms with E-state index < -0.39 is 0 Å². The zero-order valence-electron chi connectivity index (χ0n) is 20.0. The summed E-state index contributed by atoms with van der Waals surface area (Å²) < 4.78 is 1.78. The standard InChI is InChI=1S/C33H24N2O/c1-2-7-21-12-14-23(15-13-21)25-17-18-27-31-26(25)10-6-11-28(31)33(36)35-30-19-16-24(20-29(30)34-32(27)35)22-8-4-3-5-9-22/h3-6,8-20H,2,7H2,1H3. The first-order valence-corrected chi connectivity index (χ1v) is 12.5. The number of hydrogen-bond acceptors (Lipinski definition) is 2. The molecule has 0 spiro atoms. The van der Waals surface area contributed by atoms with Gasteiger partial charge in [0.2, 0.25) is 0 Å². The van der Waals surface area contributed by atoms with E-state index in [1.807, 2.05) is 36.4 Å². The van der Waals surface area contributed by atoms with Gasteiger partial charge in [-0.2, -0.15) is 0 Å². The summed E-state index contributed by atoms with van der Waals surface area (Å²) in [6.07, 6.45) is 2.22. The number of rotatable bonds is 4. The normalized spacial score (nSPS) is 11.8. The van der Waals surface area contributed by atoms with Crippen molar-refractivity contribution in [2.75, 3.05) is 0 Å². The van der Waals surface area contributed by atoms with Crippen molar-refractivity contribution in [3.63, 3.8) is 0 Å².